The van der Waals surface area contributed by atoms with Crippen LogP contribution in [0.3, 0.4) is 0 Å². The number of rotatable bonds is 2. The Hall–Kier alpha value is -0.370. The van der Waals surface area contributed by atoms with Crippen LogP contribution >= 0.6 is 0 Å². The summed E-state index contributed by atoms with van der Waals surface area (Å²) < 4.78 is 0. The molecule has 0 aromatic heterocycles. The van der Waals surface area contributed by atoms with E-state index in [1.807, 2.05) is 13.8 Å². The average molecular weight is 195 g/mol. The molecular weight excluding hydrogens is 174 g/mol. The van der Waals surface area contributed by atoms with Crippen molar-refractivity contribution in [2.45, 2.75) is 39.5 Å². The van der Waals surface area contributed by atoms with Crippen molar-refractivity contribution < 1.29 is 4.79 Å². The first-order chi connectivity index (χ1) is 6.63. The maximum atomic E-state index is 11.7. The van der Waals surface area contributed by atoms with Crippen molar-refractivity contribution in [2.24, 2.45) is 17.3 Å². The van der Waals surface area contributed by atoms with Crippen molar-refractivity contribution >= 4 is 5.78 Å². The van der Waals surface area contributed by atoms with Crippen molar-refractivity contribution in [3.63, 3.8) is 0 Å². The zero-order chi connectivity index (χ0) is 10.2. The van der Waals surface area contributed by atoms with Gasteiger partial charge < -0.3 is 5.32 Å². The van der Waals surface area contributed by atoms with Crippen molar-refractivity contribution in [3.05, 3.63) is 0 Å². The summed E-state index contributed by atoms with van der Waals surface area (Å²) in [5, 5.41) is 3.39. The molecule has 0 atom stereocenters. The second-order valence-corrected chi connectivity index (χ2v) is 5.41. The van der Waals surface area contributed by atoms with Gasteiger partial charge in [-0.25, -0.2) is 0 Å². The summed E-state index contributed by atoms with van der Waals surface area (Å²) in [7, 11) is 0. The van der Waals surface area contributed by atoms with Crippen LogP contribution in [0.25, 0.3) is 0 Å². The Morgan fingerprint density at radius 2 is 1.86 bits per heavy atom. The Morgan fingerprint density at radius 1 is 1.29 bits per heavy atom. The van der Waals surface area contributed by atoms with Gasteiger partial charge in [0.05, 0.1) is 0 Å². The monoisotopic (exact) mass is 195 g/mol. The first-order valence-electron chi connectivity index (χ1n) is 5.87. The smallest absolute Gasteiger partial charge is 0.138 e. The third kappa shape index (κ3) is 1.72. The van der Waals surface area contributed by atoms with Gasteiger partial charge in [-0.2, -0.15) is 0 Å². The lowest BCUT2D eigenvalue weighted by Gasteiger charge is -2.50. The van der Waals surface area contributed by atoms with Gasteiger partial charge in [-0.3, -0.25) is 4.79 Å². The molecule has 1 spiro atoms. The zero-order valence-electron chi connectivity index (χ0n) is 9.31. The van der Waals surface area contributed by atoms with Gasteiger partial charge >= 0.3 is 0 Å². The highest BCUT2D eigenvalue weighted by atomic mass is 16.1. The third-order valence-electron chi connectivity index (χ3n) is 3.99. The molecule has 0 radical (unpaired) electrons. The van der Waals surface area contributed by atoms with E-state index in [0.29, 0.717) is 17.1 Å². The number of hydrogen-bond acceptors (Lipinski definition) is 2. The lowest BCUT2D eigenvalue weighted by atomic mass is 9.56. The number of carbonyl (C=O) groups excluding carboxylic acids is 1. The fourth-order valence-electron chi connectivity index (χ4n) is 3.02. The second kappa shape index (κ2) is 3.65. The molecule has 0 aromatic rings. The number of carbonyl (C=O) groups is 1. The summed E-state index contributed by atoms with van der Waals surface area (Å²) in [6, 6.07) is 0. The molecule has 1 saturated heterocycles. The molecule has 0 aromatic carbocycles. The number of ketones is 1. The Kier molecular flexibility index (Phi) is 2.65. The quantitative estimate of drug-likeness (QED) is 0.730. The van der Waals surface area contributed by atoms with Gasteiger partial charge in [0.15, 0.2) is 0 Å². The van der Waals surface area contributed by atoms with Gasteiger partial charge in [0.1, 0.15) is 5.78 Å². The summed E-state index contributed by atoms with van der Waals surface area (Å²) in [6.45, 7) is 6.36. The van der Waals surface area contributed by atoms with Gasteiger partial charge in [0.25, 0.3) is 0 Å². The molecular formula is C12H21NO. The normalized spacial score (nSPS) is 26.5. The standard InChI is InChI=1S/C12H21NO/c1-9(2)11(14)10-7-12(8-10)3-5-13-6-4-12/h9-10,13H,3-8H2,1-2H3. The van der Waals surface area contributed by atoms with E-state index >= 15 is 0 Å². The minimum absolute atomic E-state index is 0.235. The van der Waals surface area contributed by atoms with Crippen LogP contribution < -0.4 is 5.32 Å². The lowest BCUT2D eigenvalue weighted by molar-refractivity contribution is -0.134. The molecule has 0 amide bonds. The fourth-order valence-corrected chi connectivity index (χ4v) is 3.02. The highest BCUT2D eigenvalue weighted by Gasteiger charge is 2.47. The van der Waals surface area contributed by atoms with Crippen LogP contribution in [0, 0.1) is 17.3 Å². The summed E-state index contributed by atoms with van der Waals surface area (Å²) in [4.78, 5) is 11.7. The van der Waals surface area contributed by atoms with Crippen molar-refractivity contribution in [2.75, 3.05) is 13.1 Å². The van der Waals surface area contributed by atoms with Gasteiger partial charge in [-0.1, -0.05) is 13.8 Å². The summed E-state index contributed by atoms with van der Waals surface area (Å²) >= 11 is 0. The molecule has 2 heteroatoms. The Bertz CT molecular complexity index is 220. The van der Waals surface area contributed by atoms with Crippen LogP contribution in [0.5, 0.6) is 0 Å². The fraction of sp³-hybridized carbons (Fsp3) is 0.917. The molecule has 0 bridgehead atoms. The van der Waals surface area contributed by atoms with E-state index in [2.05, 4.69) is 5.32 Å². The number of nitrogens with one attached hydrogen (secondary N) is 1. The predicted octanol–water partition coefficient (Wildman–Crippen LogP) is 1.99. The highest BCUT2D eigenvalue weighted by molar-refractivity contribution is 5.83. The SMILES string of the molecule is CC(C)C(=O)C1CC2(CCNCC2)C1. The topological polar surface area (TPSA) is 29.1 Å². The Morgan fingerprint density at radius 3 is 2.36 bits per heavy atom. The molecule has 2 aliphatic rings. The van der Waals surface area contributed by atoms with Crippen LogP contribution in [0.4, 0.5) is 0 Å². The molecule has 1 aliphatic carbocycles. The number of Topliss-reactive ketones (excluding diaryl/α,β-unsaturated/α-hetero) is 1. The average Bonchev–Trinajstić information content (AvgIpc) is 2.14. The molecule has 0 unspecified atom stereocenters. The predicted molar refractivity (Wildman–Crippen MR) is 57.1 cm³/mol. The molecule has 2 fully saturated rings. The van der Waals surface area contributed by atoms with Crippen LogP contribution in [0.1, 0.15) is 39.5 Å². The Labute approximate surface area is 86.5 Å². The van der Waals surface area contributed by atoms with E-state index in [4.69, 9.17) is 0 Å². The van der Waals surface area contributed by atoms with Gasteiger partial charge in [-0.15, -0.1) is 0 Å². The summed E-state index contributed by atoms with van der Waals surface area (Å²) in [5.41, 5.74) is 0.556. The van der Waals surface area contributed by atoms with E-state index in [-0.39, 0.29) is 5.92 Å². The molecule has 2 rings (SSSR count). The van der Waals surface area contributed by atoms with Crippen LogP contribution in [0.15, 0.2) is 0 Å². The first-order valence-corrected chi connectivity index (χ1v) is 5.87. The molecule has 1 N–H and O–H groups in total. The molecule has 1 saturated carbocycles. The van der Waals surface area contributed by atoms with E-state index in [1.54, 1.807) is 0 Å². The van der Waals surface area contributed by atoms with E-state index < -0.39 is 0 Å². The largest absolute Gasteiger partial charge is 0.317 e. The summed E-state index contributed by atoms with van der Waals surface area (Å²) in [6.07, 6.45) is 4.92. The van der Waals surface area contributed by atoms with Gasteiger partial charge in [0, 0.05) is 11.8 Å². The highest BCUT2D eigenvalue weighted by Crippen LogP contribution is 2.52. The minimum atomic E-state index is 0.235. The second-order valence-electron chi connectivity index (χ2n) is 5.41. The van der Waals surface area contributed by atoms with Gasteiger partial charge in [-0.05, 0) is 44.2 Å². The summed E-state index contributed by atoms with van der Waals surface area (Å²) in [5.74, 6) is 1.13. The van der Waals surface area contributed by atoms with Gasteiger partial charge in [0.2, 0.25) is 0 Å². The first kappa shape index (κ1) is 10.2. The molecule has 2 nitrogen and oxygen atoms in total. The van der Waals surface area contributed by atoms with E-state index in [1.165, 1.54) is 25.7 Å². The maximum Gasteiger partial charge on any atom is 0.138 e. The van der Waals surface area contributed by atoms with E-state index in [9.17, 15) is 4.79 Å². The van der Waals surface area contributed by atoms with Crippen LogP contribution in [0.2, 0.25) is 0 Å². The minimum Gasteiger partial charge on any atom is -0.317 e. The maximum absolute atomic E-state index is 11.7. The van der Waals surface area contributed by atoms with Crippen molar-refractivity contribution in [3.8, 4) is 0 Å². The molecule has 80 valence electrons. The molecule has 1 heterocycles. The van der Waals surface area contributed by atoms with Crippen LogP contribution in [-0.4, -0.2) is 18.9 Å². The molecule has 14 heavy (non-hydrogen) atoms. The molecule has 1 aliphatic heterocycles. The number of piperidine rings is 1. The lowest BCUT2D eigenvalue weighted by Crippen LogP contribution is -2.48. The van der Waals surface area contributed by atoms with Crippen molar-refractivity contribution in [1.82, 2.24) is 5.32 Å². The van der Waals surface area contributed by atoms with Crippen LogP contribution in [-0.2, 0) is 4.79 Å². The third-order valence-corrected chi connectivity index (χ3v) is 3.99. The Balaban J connectivity index is 1.85. The van der Waals surface area contributed by atoms with Crippen molar-refractivity contribution in [1.29, 1.82) is 0 Å². The number of hydrogen-bond donors (Lipinski definition) is 1. The zero-order valence-corrected chi connectivity index (χ0v) is 9.31. The van der Waals surface area contributed by atoms with E-state index in [0.717, 1.165) is 13.1 Å².